The predicted molar refractivity (Wildman–Crippen MR) is 115 cm³/mol. The summed E-state index contributed by atoms with van der Waals surface area (Å²) in [7, 11) is 1.24. The van der Waals surface area contributed by atoms with Crippen LogP contribution in [0.2, 0.25) is 0 Å². The number of rotatable bonds is 8. The van der Waals surface area contributed by atoms with Crippen molar-refractivity contribution in [3.8, 4) is 0 Å². The lowest BCUT2D eigenvalue weighted by Gasteiger charge is -2.22. The van der Waals surface area contributed by atoms with Gasteiger partial charge in [0.05, 0.1) is 7.11 Å². The highest BCUT2D eigenvalue weighted by molar-refractivity contribution is 14.1. The Kier molecular flexibility index (Phi) is 8.56. The Morgan fingerprint density at radius 2 is 1.76 bits per heavy atom. The Morgan fingerprint density at radius 1 is 1.03 bits per heavy atom. The van der Waals surface area contributed by atoms with Crippen LogP contribution >= 0.6 is 22.6 Å². The molecule has 0 unspecified atom stereocenters. The molecule has 2 atom stereocenters. The largest absolute Gasteiger partial charge is 0.467 e. The first-order valence-electron chi connectivity index (χ1n) is 8.93. The number of methoxy groups -OCH3 is 1. The fourth-order valence-electron chi connectivity index (χ4n) is 2.85. The van der Waals surface area contributed by atoms with Crippen molar-refractivity contribution in [1.29, 1.82) is 0 Å². The molecule has 29 heavy (non-hydrogen) atoms. The van der Waals surface area contributed by atoms with Crippen molar-refractivity contribution in [2.75, 3.05) is 7.11 Å². The molecule has 154 valence electrons. The minimum atomic E-state index is -1.03. The third kappa shape index (κ3) is 7.12. The Morgan fingerprint density at radius 3 is 2.38 bits per heavy atom. The molecule has 0 spiro atoms. The van der Waals surface area contributed by atoms with Gasteiger partial charge >= 0.3 is 5.97 Å². The lowest BCUT2D eigenvalue weighted by atomic mass is 10.0. The predicted octanol–water partition coefficient (Wildman–Crippen LogP) is 2.38. The molecular formula is C21H22FIN2O4. The van der Waals surface area contributed by atoms with Crippen molar-refractivity contribution < 1.29 is 23.5 Å². The van der Waals surface area contributed by atoms with Crippen LogP contribution in [0.1, 0.15) is 18.1 Å². The van der Waals surface area contributed by atoms with E-state index in [1.54, 1.807) is 18.2 Å². The number of amides is 2. The van der Waals surface area contributed by atoms with Crippen molar-refractivity contribution in [2.45, 2.75) is 31.8 Å². The van der Waals surface area contributed by atoms with E-state index in [1.165, 1.54) is 20.1 Å². The number of halogens is 2. The van der Waals surface area contributed by atoms with Crippen LogP contribution in [0.4, 0.5) is 4.39 Å². The molecular weight excluding hydrogens is 490 g/mol. The van der Waals surface area contributed by atoms with E-state index in [0.29, 0.717) is 0 Å². The fraction of sp³-hybridized carbons (Fsp3) is 0.286. The topological polar surface area (TPSA) is 84.5 Å². The Hall–Kier alpha value is -2.49. The van der Waals surface area contributed by atoms with Crippen LogP contribution in [0.5, 0.6) is 0 Å². The summed E-state index contributed by atoms with van der Waals surface area (Å²) in [5.74, 6) is -2.11. The van der Waals surface area contributed by atoms with Crippen LogP contribution in [0, 0.1) is 9.39 Å². The van der Waals surface area contributed by atoms with Crippen molar-refractivity contribution in [2.24, 2.45) is 0 Å². The fourth-order valence-corrected chi connectivity index (χ4v) is 3.45. The third-order valence-electron chi connectivity index (χ3n) is 4.21. The summed E-state index contributed by atoms with van der Waals surface area (Å²) in [5.41, 5.74) is 1.13. The van der Waals surface area contributed by atoms with E-state index in [0.717, 1.165) is 9.13 Å². The summed E-state index contributed by atoms with van der Waals surface area (Å²) in [6.45, 7) is 1.27. The number of carbonyl (C=O) groups excluding carboxylic acids is 3. The molecule has 0 fully saturated rings. The van der Waals surface area contributed by atoms with Gasteiger partial charge in [0.15, 0.2) is 0 Å². The minimum Gasteiger partial charge on any atom is -0.467 e. The molecule has 0 aliphatic rings. The molecule has 0 aliphatic carbocycles. The number of carbonyl (C=O) groups is 3. The van der Waals surface area contributed by atoms with Crippen LogP contribution in [0.15, 0.2) is 48.5 Å². The molecule has 0 bridgehead atoms. The first kappa shape index (κ1) is 22.8. The van der Waals surface area contributed by atoms with Crippen LogP contribution in [0.3, 0.4) is 0 Å². The molecule has 8 heteroatoms. The number of esters is 1. The maximum atomic E-state index is 14.0. The summed E-state index contributed by atoms with van der Waals surface area (Å²) in [6, 6.07) is 11.5. The van der Waals surface area contributed by atoms with Crippen molar-refractivity contribution in [3.63, 3.8) is 0 Å². The number of hydrogen-bond donors (Lipinski definition) is 2. The Balaban J connectivity index is 2.19. The first-order valence-corrected chi connectivity index (χ1v) is 10.0. The zero-order valence-electron chi connectivity index (χ0n) is 16.1. The molecule has 0 saturated carbocycles. The summed E-state index contributed by atoms with van der Waals surface area (Å²) in [4.78, 5) is 36.6. The van der Waals surface area contributed by atoms with E-state index in [1.807, 2.05) is 24.3 Å². The van der Waals surface area contributed by atoms with Gasteiger partial charge in [-0.2, -0.15) is 0 Å². The Bertz CT molecular complexity index is 890. The SMILES string of the molecule is COC(=O)[C@H](Cc1cccc(I)c1)NC(=O)[C@H](Cc1ccccc1F)NC(C)=O. The van der Waals surface area contributed by atoms with Gasteiger partial charge in [-0.25, -0.2) is 9.18 Å². The summed E-state index contributed by atoms with van der Waals surface area (Å²) in [5, 5.41) is 5.15. The van der Waals surface area contributed by atoms with Crippen molar-refractivity contribution >= 4 is 40.4 Å². The van der Waals surface area contributed by atoms with Crippen LogP contribution in [0.25, 0.3) is 0 Å². The third-order valence-corrected chi connectivity index (χ3v) is 4.88. The van der Waals surface area contributed by atoms with Gasteiger partial charge in [-0.1, -0.05) is 30.3 Å². The van der Waals surface area contributed by atoms with E-state index >= 15 is 0 Å². The van der Waals surface area contributed by atoms with Crippen molar-refractivity contribution in [3.05, 3.63) is 69.0 Å². The second kappa shape index (κ2) is 10.9. The molecule has 2 aromatic carbocycles. The van der Waals surface area contributed by atoms with Crippen LogP contribution in [-0.4, -0.2) is 37.0 Å². The monoisotopic (exact) mass is 512 g/mol. The smallest absolute Gasteiger partial charge is 0.328 e. The molecule has 2 rings (SSSR count). The number of hydrogen-bond acceptors (Lipinski definition) is 4. The normalized spacial score (nSPS) is 12.6. The maximum Gasteiger partial charge on any atom is 0.328 e. The first-order chi connectivity index (χ1) is 13.8. The molecule has 2 amide bonds. The minimum absolute atomic E-state index is 0.0464. The van der Waals surface area contributed by atoms with Gasteiger partial charge in [-0.05, 0) is 51.9 Å². The van der Waals surface area contributed by atoms with Gasteiger partial charge in [0, 0.05) is 23.3 Å². The number of benzene rings is 2. The molecule has 6 nitrogen and oxygen atoms in total. The van der Waals surface area contributed by atoms with Crippen LogP contribution in [-0.2, 0) is 32.0 Å². The molecule has 0 aromatic heterocycles. The van der Waals surface area contributed by atoms with E-state index in [9.17, 15) is 18.8 Å². The van der Waals surface area contributed by atoms with Gasteiger partial charge in [0.2, 0.25) is 11.8 Å². The van der Waals surface area contributed by atoms with E-state index in [2.05, 4.69) is 33.2 Å². The lowest BCUT2D eigenvalue weighted by molar-refractivity contribution is -0.145. The van der Waals surface area contributed by atoms with Gasteiger partial charge in [0.1, 0.15) is 17.9 Å². The van der Waals surface area contributed by atoms with Gasteiger partial charge in [0.25, 0.3) is 0 Å². The molecule has 0 heterocycles. The molecule has 0 radical (unpaired) electrons. The Labute approximate surface area is 182 Å². The van der Waals surface area contributed by atoms with Gasteiger partial charge in [-0.15, -0.1) is 0 Å². The molecule has 0 saturated heterocycles. The lowest BCUT2D eigenvalue weighted by Crippen LogP contribution is -2.53. The summed E-state index contributed by atoms with van der Waals surface area (Å²) in [6.07, 6.45) is 0.178. The van der Waals surface area contributed by atoms with Crippen molar-refractivity contribution in [1.82, 2.24) is 10.6 Å². The van der Waals surface area contributed by atoms with E-state index in [-0.39, 0.29) is 18.4 Å². The van der Waals surface area contributed by atoms with Gasteiger partial charge in [-0.3, -0.25) is 9.59 Å². The molecule has 2 aromatic rings. The highest BCUT2D eigenvalue weighted by atomic mass is 127. The second-order valence-electron chi connectivity index (χ2n) is 6.47. The zero-order chi connectivity index (χ0) is 21.4. The van der Waals surface area contributed by atoms with Crippen LogP contribution < -0.4 is 10.6 Å². The standard InChI is InChI=1S/C21H22FIN2O4/c1-13(26)24-18(12-15-7-3-4-9-17(15)22)20(27)25-19(21(28)29-2)11-14-6-5-8-16(23)10-14/h3-10,18-19H,11-12H2,1-2H3,(H,24,26)(H,25,27)/t18-,19-/m0/s1. The van der Waals surface area contributed by atoms with E-state index in [4.69, 9.17) is 4.74 Å². The highest BCUT2D eigenvalue weighted by Crippen LogP contribution is 2.12. The molecule has 0 aliphatic heterocycles. The highest BCUT2D eigenvalue weighted by Gasteiger charge is 2.27. The average Bonchev–Trinajstić information content (AvgIpc) is 2.67. The average molecular weight is 512 g/mol. The number of nitrogens with one attached hydrogen (secondary N) is 2. The van der Waals surface area contributed by atoms with E-state index < -0.39 is 35.7 Å². The second-order valence-corrected chi connectivity index (χ2v) is 7.71. The molecule has 2 N–H and O–H groups in total. The quantitative estimate of drug-likeness (QED) is 0.421. The summed E-state index contributed by atoms with van der Waals surface area (Å²) >= 11 is 2.16. The maximum absolute atomic E-state index is 14.0. The van der Waals surface area contributed by atoms with Gasteiger partial charge < -0.3 is 15.4 Å². The zero-order valence-corrected chi connectivity index (χ0v) is 18.2. The summed E-state index contributed by atoms with van der Waals surface area (Å²) < 4.78 is 19.8. The number of ether oxygens (including phenoxy) is 1.